The lowest BCUT2D eigenvalue weighted by atomic mass is 10.2. The minimum absolute atomic E-state index is 0.164. The van der Waals surface area contributed by atoms with Gasteiger partial charge >= 0.3 is 0 Å². The first-order valence-corrected chi connectivity index (χ1v) is 8.99. The average molecular weight is 328 g/mol. The molecular weight excluding hydrogens is 308 g/mol. The van der Waals surface area contributed by atoms with E-state index in [4.69, 9.17) is 10.2 Å². The van der Waals surface area contributed by atoms with Crippen LogP contribution in [0.15, 0.2) is 27.5 Å². The van der Waals surface area contributed by atoms with E-state index >= 15 is 0 Å². The van der Waals surface area contributed by atoms with Crippen LogP contribution >= 0.6 is 11.3 Å². The maximum atomic E-state index is 12.4. The first kappa shape index (κ1) is 16.2. The van der Waals surface area contributed by atoms with Gasteiger partial charge in [0.05, 0.1) is 6.54 Å². The average Bonchev–Trinajstić information content (AvgIpc) is 2.95. The Hall–Kier alpha value is -1.15. The highest BCUT2D eigenvalue weighted by Gasteiger charge is 2.23. The van der Waals surface area contributed by atoms with Gasteiger partial charge in [0.15, 0.2) is 0 Å². The summed E-state index contributed by atoms with van der Waals surface area (Å²) in [7, 11) is -3.59. The number of nitrogens with one attached hydrogen (secondary N) is 1. The molecule has 2 rings (SSSR count). The summed E-state index contributed by atoms with van der Waals surface area (Å²) in [5.74, 6) is 0.830. The van der Waals surface area contributed by atoms with E-state index in [9.17, 15) is 8.42 Å². The quantitative estimate of drug-likeness (QED) is 0.852. The van der Waals surface area contributed by atoms with Crippen LogP contribution in [0.25, 0.3) is 0 Å². The normalized spacial score (nSPS) is 13.5. The van der Waals surface area contributed by atoms with Gasteiger partial charge in [-0.15, -0.1) is 11.3 Å². The van der Waals surface area contributed by atoms with Crippen molar-refractivity contribution in [3.05, 3.63) is 39.5 Å². The van der Waals surface area contributed by atoms with Crippen LogP contribution < -0.4 is 10.5 Å². The molecule has 2 aromatic rings. The van der Waals surface area contributed by atoms with Crippen LogP contribution in [0.2, 0.25) is 0 Å². The van der Waals surface area contributed by atoms with Crippen LogP contribution in [-0.2, 0) is 23.0 Å². The minimum Gasteiger partial charge on any atom is -0.464 e. The molecule has 0 radical (unpaired) electrons. The third-order valence-corrected chi connectivity index (χ3v) is 5.79. The summed E-state index contributed by atoms with van der Waals surface area (Å²) in [5.41, 5.74) is 5.47. The summed E-state index contributed by atoms with van der Waals surface area (Å²) >= 11 is 1.68. The zero-order chi connectivity index (χ0) is 15.6. The first-order valence-electron chi connectivity index (χ1n) is 6.69. The fourth-order valence-electron chi connectivity index (χ4n) is 2.16. The number of sulfonamides is 1. The summed E-state index contributed by atoms with van der Waals surface area (Å²) in [4.78, 5) is 2.55. The molecule has 0 spiro atoms. The van der Waals surface area contributed by atoms with Crippen molar-refractivity contribution in [1.82, 2.24) is 4.72 Å². The highest BCUT2D eigenvalue weighted by Crippen LogP contribution is 2.21. The van der Waals surface area contributed by atoms with E-state index in [1.807, 2.05) is 26.0 Å². The minimum atomic E-state index is -3.59. The molecule has 116 valence electrons. The molecule has 1 atom stereocenters. The van der Waals surface area contributed by atoms with Crippen molar-refractivity contribution in [2.75, 3.05) is 0 Å². The second-order valence-corrected chi connectivity index (χ2v) is 8.13. The maximum absolute atomic E-state index is 12.4. The summed E-state index contributed by atoms with van der Waals surface area (Å²) in [5, 5.41) is 0. The topological polar surface area (TPSA) is 85.3 Å². The largest absolute Gasteiger partial charge is 0.464 e. The van der Waals surface area contributed by atoms with Crippen molar-refractivity contribution < 1.29 is 12.8 Å². The Morgan fingerprint density at radius 3 is 2.62 bits per heavy atom. The van der Waals surface area contributed by atoms with Gasteiger partial charge in [-0.05, 0) is 39.3 Å². The molecule has 7 heteroatoms. The molecule has 2 heterocycles. The van der Waals surface area contributed by atoms with Gasteiger partial charge in [0.25, 0.3) is 0 Å². The smallest absolute Gasteiger partial charge is 0.244 e. The van der Waals surface area contributed by atoms with E-state index in [1.54, 1.807) is 18.3 Å². The molecule has 0 saturated carbocycles. The molecule has 0 aliphatic rings. The van der Waals surface area contributed by atoms with Gasteiger partial charge < -0.3 is 10.2 Å². The molecule has 2 aromatic heterocycles. The molecule has 5 nitrogen and oxygen atoms in total. The molecule has 0 aromatic carbocycles. The predicted octanol–water partition coefficient (Wildman–Crippen LogP) is 2.33. The summed E-state index contributed by atoms with van der Waals surface area (Å²) in [6, 6.07) is 5.36. The summed E-state index contributed by atoms with van der Waals surface area (Å²) < 4.78 is 32.8. The van der Waals surface area contributed by atoms with Crippen LogP contribution in [0.1, 0.15) is 28.2 Å². The van der Waals surface area contributed by atoms with Gasteiger partial charge in [-0.1, -0.05) is 0 Å². The maximum Gasteiger partial charge on any atom is 0.244 e. The summed E-state index contributed by atoms with van der Waals surface area (Å²) in [6.07, 6.45) is 0.665. The Kier molecular flexibility index (Phi) is 4.88. The van der Waals surface area contributed by atoms with E-state index < -0.39 is 10.0 Å². The molecule has 1 unspecified atom stereocenters. The SMILES string of the molecule is Cc1ccc(CC(C)NS(=O)(=O)c2cc(CN)oc2C)s1. The summed E-state index contributed by atoms with van der Waals surface area (Å²) in [6.45, 7) is 5.69. The lowest BCUT2D eigenvalue weighted by Crippen LogP contribution is -2.34. The van der Waals surface area contributed by atoms with Crippen LogP contribution in [0, 0.1) is 13.8 Å². The Labute approximate surface area is 129 Å². The number of furan rings is 1. The molecule has 0 saturated heterocycles. The van der Waals surface area contributed by atoms with Gasteiger partial charge in [-0.2, -0.15) is 0 Å². The molecular formula is C14H20N2O3S2. The third-order valence-electron chi connectivity index (χ3n) is 3.07. The number of hydrogen-bond acceptors (Lipinski definition) is 5. The lowest BCUT2D eigenvalue weighted by Gasteiger charge is -2.12. The molecule has 0 bridgehead atoms. The van der Waals surface area contributed by atoms with E-state index in [0.717, 1.165) is 4.88 Å². The van der Waals surface area contributed by atoms with Gasteiger partial charge in [-0.3, -0.25) is 0 Å². The van der Waals surface area contributed by atoms with Gasteiger partial charge in [0, 0.05) is 21.9 Å². The van der Waals surface area contributed by atoms with E-state index in [0.29, 0.717) is 17.9 Å². The Morgan fingerprint density at radius 1 is 1.38 bits per heavy atom. The van der Waals surface area contributed by atoms with Gasteiger partial charge in [0.2, 0.25) is 10.0 Å². The van der Waals surface area contributed by atoms with Crippen molar-refractivity contribution in [3.8, 4) is 0 Å². The number of nitrogens with two attached hydrogens (primary N) is 1. The van der Waals surface area contributed by atoms with Crippen molar-refractivity contribution in [1.29, 1.82) is 0 Å². The lowest BCUT2D eigenvalue weighted by molar-refractivity contribution is 0.478. The second kappa shape index (κ2) is 6.31. The third kappa shape index (κ3) is 3.94. The predicted molar refractivity (Wildman–Crippen MR) is 83.9 cm³/mol. The molecule has 0 amide bonds. The molecule has 0 aliphatic carbocycles. The van der Waals surface area contributed by atoms with Crippen molar-refractivity contribution in [3.63, 3.8) is 0 Å². The number of aryl methyl sites for hydroxylation is 2. The highest BCUT2D eigenvalue weighted by molar-refractivity contribution is 7.89. The Bertz CT molecular complexity index is 716. The fourth-order valence-corrected chi connectivity index (χ4v) is 4.62. The van der Waals surface area contributed by atoms with Crippen LogP contribution in [0.3, 0.4) is 0 Å². The molecule has 3 N–H and O–H groups in total. The molecule has 0 fully saturated rings. The fraction of sp³-hybridized carbons (Fsp3) is 0.429. The zero-order valence-electron chi connectivity index (χ0n) is 12.3. The highest BCUT2D eigenvalue weighted by atomic mass is 32.2. The van der Waals surface area contributed by atoms with Crippen molar-refractivity contribution in [2.24, 2.45) is 5.73 Å². The van der Waals surface area contributed by atoms with Crippen LogP contribution in [0.4, 0.5) is 0 Å². The monoisotopic (exact) mass is 328 g/mol. The van der Waals surface area contributed by atoms with Crippen molar-refractivity contribution >= 4 is 21.4 Å². The van der Waals surface area contributed by atoms with E-state index in [2.05, 4.69) is 4.72 Å². The van der Waals surface area contributed by atoms with Crippen molar-refractivity contribution in [2.45, 2.75) is 44.7 Å². The van der Waals surface area contributed by atoms with E-state index in [1.165, 1.54) is 10.9 Å². The van der Waals surface area contributed by atoms with Crippen LogP contribution in [-0.4, -0.2) is 14.5 Å². The first-order chi connectivity index (χ1) is 9.81. The zero-order valence-corrected chi connectivity index (χ0v) is 14.0. The number of rotatable bonds is 6. The molecule has 21 heavy (non-hydrogen) atoms. The molecule has 0 aliphatic heterocycles. The number of hydrogen-bond donors (Lipinski definition) is 2. The Morgan fingerprint density at radius 2 is 2.10 bits per heavy atom. The van der Waals surface area contributed by atoms with E-state index in [-0.39, 0.29) is 17.5 Å². The second-order valence-electron chi connectivity index (χ2n) is 5.08. The Balaban J connectivity index is 2.11. The number of thiophene rings is 1. The van der Waals surface area contributed by atoms with Crippen LogP contribution in [0.5, 0.6) is 0 Å². The van der Waals surface area contributed by atoms with Gasteiger partial charge in [-0.25, -0.2) is 13.1 Å². The standard InChI is InChI=1S/C14H20N2O3S2/c1-9(6-13-5-4-10(2)20-13)16-21(17,18)14-7-12(8-15)19-11(14)3/h4-5,7,9,16H,6,8,15H2,1-3H3. The van der Waals surface area contributed by atoms with Gasteiger partial charge in [0.1, 0.15) is 16.4 Å².